The van der Waals surface area contributed by atoms with Crippen LogP contribution in [0.5, 0.6) is 5.75 Å². The van der Waals surface area contributed by atoms with Crippen LogP contribution in [0.2, 0.25) is 0 Å². The first-order valence-electron chi connectivity index (χ1n) is 11.7. The third-order valence-electron chi connectivity index (χ3n) is 8.33. The first-order chi connectivity index (χ1) is 14.8. The average Bonchev–Trinajstić information content (AvgIpc) is 3.19. The molecule has 0 aromatic heterocycles. The molecule has 1 N–H and O–H groups in total. The van der Waals surface area contributed by atoms with Gasteiger partial charge in [-0.2, -0.15) is 0 Å². The highest BCUT2D eigenvalue weighted by Crippen LogP contribution is 2.58. The second-order valence-electron chi connectivity index (χ2n) is 10.5. The van der Waals surface area contributed by atoms with E-state index in [2.05, 4.69) is 10.2 Å². The molecule has 5 fully saturated rings. The molecule has 4 bridgehead atoms. The van der Waals surface area contributed by atoms with Crippen LogP contribution in [0.4, 0.5) is 0 Å². The minimum Gasteiger partial charge on any atom is -0.496 e. The summed E-state index contributed by atoms with van der Waals surface area (Å²) in [6, 6.07) is 4.83. The van der Waals surface area contributed by atoms with E-state index in [9.17, 15) is 13.2 Å². The molecule has 1 amide bonds. The lowest BCUT2D eigenvalue weighted by molar-refractivity contribution is -0.0930. The summed E-state index contributed by atoms with van der Waals surface area (Å²) < 4.78 is 29.2. The number of methoxy groups -OCH3 is 1. The Morgan fingerprint density at radius 3 is 2.39 bits per heavy atom. The number of hydrogen-bond acceptors (Lipinski definition) is 5. The molecule has 6 nitrogen and oxygen atoms in total. The lowest BCUT2D eigenvalue weighted by Gasteiger charge is -2.61. The van der Waals surface area contributed by atoms with Crippen molar-refractivity contribution in [2.75, 3.05) is 26.5 Å². The van der Waals surface area contributed by atoms with Crippen LogP contribution in [0, 0.1) is 17.8 Å². The molecule has 1 saturated heterocycles. The number of carbonyl (C=O) groups excluding carboxylic acids is 1. The number of rotatable bonds is 6. The molecule has 4 saturated carbocycles. The first kappa shape index (κ1) is 21.3. The molecule has 4 aliphatic carbocycles. The quantitative estimate of drug-likeness (QED) is 0.726. The lowest BCUT2D eigenvalue weighted by Crippen LogP contribution is -2.62. The van der Waals surface area contributed by atoms with E-state index in [1.165, 1.54) is 64.2 Å². The van der Waals surface area contributed by atoms with Crippen molar-refractivity contribution >= 4 is 15.7 Å². The third kappa shape index (κ3) is 3.88. The number of ether oxygens (including phenoxy) is 1. The second kappa shape index (κ2) is 7.77. The van der Waals surface area contributed by atoms with Crippen LogP contribution in [-0.4, -0.2) is 57.3 Å². The molecule has 170 valence electrons. The highest BCUT2D eigenvalue weighted by Gasteiger charge is 2.55. The molecule has 1 aliphatic heterocycles. The van der Waals surface area contributed by atoms with Gasteiger partial charge in [-0.25, -0.2) is 8.42 Å². The highest BCUT2D eigenvalue weighted by atomic mass is 32.2. The lowest BCUT2D eigenvalue weighted by atomic mass is 9.52. The monoisotopic (exact) mass is 446 g/mol. The van der Waals surface area contributed by atoms with Crippen molar-refractivity contribution in [3.8, 4) is 5.75 Å². The molecule has 31 heavy (non-hydrogen) atoms. The molecule has 6 rings (SSSR count). The molecule has 5 aliphatic rings. The van der Waals surface area contributed by atoms with Crippen LogP contribution in [0.3, 0.4) is 0 Å². The molecule has 1 unspecified atom stereocenters. The number of hydrogen-bond donors (Lipinski definition) is 1. The molecular formula is C24H34N2O4S. The molecule has 0 spiro atoms. The van der Waals surface area contributed by atoms with Gasteiger partial charge in [-0.1, -0.05) is 0 Å². The van der Waals surface area contributed by atoms with E-state index >= 15 is 0 Å². The van der Waals surface area contributed by atoms with Gasteiger partial charge in [-0.15, -0.1) is 0 Å². The Bertz CT molecular complexity index is 939. The van der Waals surface area contributed by atoms with E-state index in [1.54, 1.807) is 6.07 Å². The maximum atomic E-state index is 13.0. The average molecular weight is 447 g/mol. The van der Waals surface area contributed by atoms with Gasteiger partial charge in [0.2, 0.25) is 0 Å². The van der Waals surface area contributed by atoms with Gasteiger partial charge in [0.15, 0.2) is 9.84 Å². The Hall–Kier alpha value is -1.60. The molecule has 1 heterocycles. The van der Waals surface area contributed by atoms with Crippen LogP contribution in [0.1, 0.15) is 61.7 Å². The van der Waals surface area contributed by atoms with E-state index in [0.717, 1.165) is 37.0 Å². The summed E-state index contributed by atoms with van der Waals surface area (Å²) in [5.41, 5.74) is 0.638. The van der Waals surface area contributed by atoms with Crippen molar-refractivity contribution in [2.45, 2.75) is 67.8 Å². The summed E-state index contributed by atoms with van der Waals surface area (Å²) >= 11 is 0. The van der Waals surface area contributed by atoms with Gasteiger partial charge in [-0.3, -0.25) is 9.69 Å². The Labute approximate surface area is 185 Å². The van der Waals surface area contributed by atoms with Gasteiger partial charge >= 0.3 is 0 Å². The van der Waals surface area contributed by atoms with E-state index in [0.29, 0.717) is 23.9 Å². The summed E-state index contributed by atoms with van der Waals surface area (Å²) in [6.07, 6.45) is 11.8. The van der Waals surface area contributed by atoms with Crippen LogP contribution < -0.4 is 10.1 Å². The number of carbonyl (C=O) groups is 1. The van der Waals surface area contributed by atoms with Crippen LogP contribution >= 0.6 is 0 Å². The number of benzene rings is 1. The van der Waals surface area contributed by atoms with Crippen molar-refractivity contribution in [3.05, 3.63) is 23.8 Å². The summed E-state index contributed by atoms with van der Waals surface area (Å²) in [5, 5.41) is 3.10. The molecule has 7 heteroatoms. The zero-order chi connectivity index (χ0) is 21.8. The Balaban J connectivity index is 1.30. The molecule has 1 atom stereocenters. The van der Waals surface area contributed by atoms with Crippen molar-refractivity contribution < 1.29 is 17.9 Å². The van der Waals surface area contributed by atoms with Gasteiger partial charge in [-0.05, 0) is 93.9 Å². The maximum Gasteiger partial charge on any atom is 0.255 e. The van der Waals surface area contributed by atoms with Crippen LogP contribution in [0.15, 0.2) is 23.1 Å². The van der Waals surface area contributed by atoms with Crippen molar-refractivity contribution in [1.82, 2.24) is 10.2 Å². The third-order valence-corrected chi connectivity index (χ3v) is 9.44. The van der Waals surface area contributed by atoms with Crippen molar-refractivity contribution in [2.24, 2.45) is 17.8 Å². The normalized spacial score (nSPS) is 34.8. The number of nitrogens with one attached hydrogen (secondary N) is 1. The summed E-state index contributed by atoms with van der Waals surface area (Å²) in [7, 11) is -1.89. The molecular weight excluding hydrogens is 412 g/mol. The summed E-state index contributed by atoms with van der Waals surface area (Å²) in [4.78, 5) is 15.9. The van der Waals surface area contributed by atoms with Gasteiger partial charge < -0.3 is 10.1 Å². The standard InChI is InChI=1S/C24H34N2O4S/c1-30-22-6-5-20(31(2,28)29)11-21(22)23(27)25-15-19-4-3-7-26(19)24-12-16-8-17(13-24)10-18(9-16)14-24/h5-6,11,16-19H,3-4,7-10,12-15H2,1-2H3,(H,25,27). The molecule has 1 aromatic rings. The Morgan fingerprint density at radius 1 is 1.16 bits per heavy atom. The van der Waals surface area contributed by atoms with E-state index in [4.69, 9.17) is 4.74 Å². The first-order valence-corrected chi connectivity index (χ1v) is 13.6. The maximum absolute atomic E-state index is 13.0. The van der Waals surface area contributed by atoms with E-state index in [-0.39, 0.29) is 16.4 Å². The second-order valence-corrected chi connectivity index (χ2v) is 12.5. The molecule has 1 aromatic carbocycles. The Morgan fingerprint density at radius 2 is 1.81 bits per heavy atom. The van der Waals surface area contributed by atoms with Crippen LogP contribution in [-0.2, 0) is 9.84 Å². The summed E-state index contributed by atoms with van der Waals surface area (Å²) in [5.74, 6) is 2.86. The number of nitrogens with zero attached hydrogens (tertiary/aromatic N) is 1. The Kier molecular flexibility index (Phi) is 5.32. The summed E-state index contributed by atoms with van der Waals surface area (Å²) in [6.45, 7) is 1.74. The minimum absolute atomic E-state index is 0.134. The number of amides is 1. The SMILES string of the molecule is COc1ccc(S(C)(=O)=O)cc1C(=O)NCC1CCCN1C12CC3CC(CC(C3)C1)C2. The topological polar surface area (TPSA) is 75.7 Å². The van der Waals surface area contributed by atoms with Gasteiger partial charge in [0.25, 0.3) is 5.91 Å². The zero-order valence-corrected chi connectivity index (χ0v) is 19.4. The number of sulfone groups is 1. The van der Waals surface area contributed by atoms with Gasteiger partial charge in [0, 0.05) is 24.4 Å². The molecule has 0 radical (unpaired) electrons. The van der Waals surface area contributed by atoms with Crippen LogP contribution in [0.25, 0.3) is 0 Å². The smallest absolute Gasteiger partial charge is 0.255 e. The highest BCUT2D eigenvalue weighted by molar-refractivity contribution is 7.90. The van der Waals surface area contributed by atoms with Crippen molar-refractivity contribution in [3.63, 3.8) is 0 Å². The fraction of sp³-hybridized carbons (Fsp3) is 0.708. The van der Waals surface area contributed by atoms with Crippen molar-refractivity contribution in [1.29, 1.82) is 0 Å². The fourth-order valence-corrected chi connectivity index (χ4v) is 8.14. The predicted molar refractivity (Wildman–Crippen MR) is 119 cm³/mol. The van der Waals surface area contributed by atoms with Gasteiger partial charge in [0.1, 0.15) is 5.75 Å². The van der Waals surface area contributed by atoms with Gasteiger partial charge in [0.05, 0.1) is 17.6 Å². The largest absolute Gasteiger partial charge is 0.496 e. The number of likely N-dealkylation sites (tertiary alicyclic amines) is 1. The fourth-order valence-electron chi connectivity index (χ4n) is 7.49. The zero-order valence-electron chi connectivity index (χ0n) is 18.6. The van der Waals surface area contributed by atoms with E-state index in [1.807, 2.05) is 0 Å². The minimum atomic E-state index is -3.39. The van der Waals surface area contributed by atoms with E-state index < -0.39 is 9.84 Å². The predicted octanol–water partition coefficient (Wildman–Crippen LogP) is 3.26.